The Morgan fingerprint density at radius 1 is 1.11 bits per heavy atom. The molecule has 0 fully saturated rings. The Bertz CT molecular complexity index is 323. The lowest BCUT2D eigenvalue weighted by Gasteiger charge is -1.99. The van der Waals surface area contributed by atoms with Crippen LogP contribution in [0.2, 0.25) is 0 Å². The van der Waals surface area contributed by atoms with E-state index >= 15 is 0 Å². The zero-order valence-electron chi connectivity index (χ0n) is 11.9. The van der Waals surface area contributed by atoms with Gasteiger partial charge in [-0.15, -0.1) is 9.36 Å². The van der Waals surface area contributed by atoms with E-state index in [1.54, 1.807) is 4.68 Å². The number of aromatic nitrogens is 3. The van der Waals surface area contributed by atoms with Crippen LogP contribution in [0.25, 0.3) is 0 Å². The van der Waals surface area contributed by atoms with E-state index in [4.69, 9.17) is 5.11 Å². The van der Waals surface area contributed by atoms with Crippen molar-refractivity contribution < 1.29 is 9.79 Å². The molecule has 0 aliphatic rings. The lowest BCUT2D eigenvalue weighted by Crippen LogP contribution is -2.35. The number of nitrogens with zero attached hydrogens (tertiary/aromatic N) is 3. The zero-order chi connectivity index (χ0) is 13.2. The Morgan fingerprint density at radius 2 is 1.72 bits per heavy atom. The first-order valence-corrected chi connectivity index (χ1v) is 7.31. The van der Waals surface area contributed by atoms with Crippen LogP contribution in [-0.2, 0) is 20.2 Å². The van der Waals surface area contributed by atoms with Crippen LogP contribution in [0.15, 0.2) is 6.20 Å². The van der Waals surface area contributed by atoms with Gasteiger partial charge in [0.25, 0.3) is 0 Å². The average Bonchev–Trinajstić information content (AvgIpc) is 2.73. The molecular weight excluding hydrogens is 226 g/mol. The van der Waals surface area contributed by atoms with E-state index in [1.165, 1.54) is 51.4 Å². The van der Waals surface area contributed by atoms with Crippen molar-refractivity contribution in [3.05, 3.63) is 11.9 Å². The Hall–Kier alpha value is -0.900. The van der Waals surface area contributed by atoms with Crippen molar-refractivity contribution in [1.29, 1.82) is 0 Å². The van der Waals surface area contributed by atoms with Crippen molar-refractivity contribution in [1.82, 2.24) is 9.90 Å². The molecule has 0 aliphatic carbocycles. The van der Waals surface area contributed by atoms with Gasteiger partial charge in [0.2, 0.25) is 0 Å². The predicted octanol–water partition coefficient (Wildman–Crippen LogP) is 2.34. The van der Waals surface area contributed by atoms with Crippen molar-refractivity contribution in [3.63, 3.8) is 0 Å². The number of aliphatic hydroxyl groups excluding tert-OH is 1. The summed E-state index contributed by atoms with van der Waals surface area (Å²) in [5.41, 5.74) is 0.870. The molecule has 0 unspecified atom stereocenters. The van der Waals surface area contributed by atoms with Crippen LogP contribution in [0.4, 0.5) is 0 Å². The van der Waals surface area contributed by atoms with E-state index in [1.807, 2.05) is 17.9 Å². The lowest BCUT2D eigenvalue weighted by atomic mass is 10.1. The molecule has 0 saturated carbocycles. The molecule has 1 rings (SSSR count). The van der Waals surface area contributed by atoms with Crippen LogP contribution >= 0.6 is 0 Å². The second-order valence-electron chi connectivity index (χ2n) is 5.03. The van der Waals surface area contributed by atoms with Crippen LogP contribution in [0.1, 0.15) is 64.0 Å². The van der Waals surface area contributed by atoms with E-state index in [0.717, 1.165) is 12.2 Å². The molecule has 4 nitrogen and oxygen atoms in total. The van der Waals surface area contributed by atoms with E-state index in [9.17, 15) is 0 Å². The van der Waals surface area contributed by atoms with Gasteiger partial charge < -0.3 is 5.11 Å². The molecule has 0 radical (unpaired) electrons. The van der Waals surface area contributed by atoms with Gasteiger partial charge in [-0.3, -0.25) is 0 Å². The molecule has 1 aromatic heterocycles. The third-order valence-corrected chi connectivity index (χ3v) is 3.37. The van der Waals surface area contributed by atoms with Crippen molar-refractivity contribution in [2.75, 3.05) is 0 Å². The molecule has 1 heterocycles. The maximum Gasteiger partial charge on any atom is 0.192 e. The maximum atomic E-state index is 9.07. The van der Waals surface area contributed by atoms with Crippen LogP contribution in [0.5, 0.6) is 0 Å². The van der Waals surface area contributed by atoms with E-state index < -0.39 is 0 Å². The number of hydrogen-bond acceptors (Lipinski definition) is 2. The summed E-state index contributed by atoms with van der Waals surface area (Å²) in [6.07, 6.45) is 12.6. The van der Waals surface area contributed by atoms with E-state index in [2.05, 4.69) is 12.1 Å². The highest BCUT2D eigenvalue weighted by Gasteiger charge is 2.10. The predicted molar refractivity (Wildman–Crippen MR) is 71.9 cm³/mol. The maximum absolute atomic E-state index is 9.07. The number of aryl methyl sites for hydroxylation is 2. The Balaban J connectivity index is 2.03. The summed E-state index contributed by atoms with van der Waals surface area (Å²) in [5.74, 6) is 0. The molecule has 18 heavy (non-hydrogen) atoms. The van der Waals surface area contributed by atoms with Gasteiger partial charge in [-0.05, 0) is 12.8 Å². The largest absolute Gasteiger partial charge is 0.388 e. The summed E-state index contributed by atoms with van der Waals surface area (Å²) in [6.45, 7) is 3.28. The molecule has 1 N–H and O–H groups in total. The number of rotatable bonds is 10. The molecule has 0 bridgehead atoms. The van der Waals surface area contributed by atoms with E-state index in [0.29, 0.717) is 0 Å². The first-order chi connectivity index (χ1) is 8.77. The number of unbranched alkanes of at least 4 members (excludes halogenated alkanes) is 7. The molecule has 0 saturated heterocycles. The highest BCUT2D eigenvalue weighted by atomic mass is 16.3. The fourth-order valence-electron chi connectivity index (χ4n) is 2.17. The second kappa shape index (κ2) is 9.09. The summed E-state index contributed by atoms with van der Waals surface area (Å²) in [7, 11) is 1.87. The smallest absolute Gasteiger partial charge is 0.192 e. The van der Waals surface area contributed by atoms with Crippen LogP contribution in [0, 0.1) is 0 Å². The van der Waals surface area contributed by atoms with Gasteiger partial charge in [0.15, 0.2) is 11.9 Å². The van der Waals surface area contributed by atoms with Gasteiger partial charge in [-0.1, -0.05) is 45.4 Å². The highest BCUT2D eigenvalue weighted by Crippen LogP contribution is 2.08. The third-order valence-electron chi connectivity index (χ3n) is 3.37. The monoisotopic (exact) mass is 254 g/mol. The zero-order valence-corrected chi connectivity index (χ0v) is 11.9. The standard InChI is InChI=1S/C14H28N3O/c1-3-4-5-6-7-8-9-10-11-17-12-14(13-18)16(2)15-17/h12,18H,3-11,13H2,1-2H3/q+1. The molecule has 4 heteroatoms. The van der Waals surface area contributed by atoms with Gasteiger partial charge >= 0.3 is 0 Å². The third kappa shape index (κ3) is 5.63. The molecule has 104 valence electrons. The van der Waals surface area contributed by atoms with Gasteiger partial charge in [-0.25, -0.2) is 0 Å². The molecule has 0 spiro atoms. The Kier molecular flexibility index (Phi) is 7.65. The van der Waals surface area contributed by atoms with Gasteiger partial charge in [-0.2, -0.15) is 0 Å². The van der Waals surface area contributed by atoms with Crippen LogP contribution < -0.4 is 4.68 Å². The highest BCUT2D eigenvalue weighted by molar-refractivity contribution is 4.85. The van der Waals surface area contributed by atoms with Gasteiger partial charge in [0.1, 0.15) is 20.2 Å². The molecule has 0 aliphatic heterocycles. The Labute approximate surface area is 111 Å². The van der Waals surface area contributed by atoms with Crippen molar-refractivity contribution >= 4 is 0 Å². The van der Waals surface area contributed by atoms with Gasteiger partial charge in [0, 0.05) is 0 Å². The average molecular weight is 254 g/mol. The minimum atomic E-state index is 0.0634. The summed E-state index contributed by atoms with van der Waals surface area (Å²) >= 11 is 0. The fourth-order valence-corrected chi connectivity index (χ4v) is 2.17. The SMILES string of the molecule is CCCCCCCCCC[n+]1cc(CO)n(C)n1. The topological polar surface area (TPSA) is 41.9 Å². The summed E-state index contributed by atoms with van der Waals surface area (Å²) in [6, 6.07) is 0. The van der Waals surface area contributed by atoms with Crippen molar-refractivity contribution in [2.24, 2.45) is 7.05 Å². The summed E-state index contributed by atoms with van der Waals surface area (Å²) in [4.78, 5) is 0. The van der Waals surface area contributed by atoms with Crippen LogP contribution in [-0.4, -0.2) is 15.0 Å². The summed E-state index contributed by atoms with van der Waals surface area (Å²) < 4.78 is 3.67. The van der Waals surface area contributed by atoms with Crippen molar-refractivity contribution in [3.8, 4) is 0 Å². The quantitative estimate of drug-likeness (QED) is 0.514. The Morgan fingerprint density at radius 3 is 2.28 bits per heavy atom. The van der Waals surface area contributed by atoms with Crippen molar-refractivity contribution in [2.45, 2.75) is 71.4 Å². The molecule has 0 atom stereocenters. The molecule has 0 aromatic carbocycles. The van der Waals surface area contributed by atoms with Crippen LogP contribution in [0.3, 0.4) is 0 Å². The molecule has 1 aromatic rings. The second-order valence-corrected chi connectivity index (χ2v) is 5.03. The molecular formula is C14H28N3O+. The normalized spacial score (nSPS) is 11.1. The lowest BCUT2D eigenvalue weighted by molar-refractivity contribution is -0.755. The fraction of sp³-hybridized carbons (Fsp3) is 0.857. The minimum absolute atomic E-state index is 0.0634. The first kappa shape index (κ1) is 15.2. The molecule has 0 amide bonds. The van der Waals surface area contributed by atoms with E-state index in [-0.39, 0.29) is 6.61 Å². The number of hydrogen-bond donors (Lipinski definition) is 1. The first-order valence-electron chi connectivity index (χ1n) is 7.31. The summed E-state index contributed by atoms with van der Waals surface area (Å²) in [5, 5.41) is 13.4. The number of aliphatic hydroxyl groups is 1. The van der Waals surface area contributed by atoms with Gasteiger partial charge in [0.05, 0.1) is 5.21 Å². The minimum Gasteiger partial charge on any atom is -0.388 e.